The van der Waals surface area contributed by atoms with Crippen LogP contribution in [0.25, 0.3) is 0 Å². The Morgan fingerprint density at radius 2 is 1.17 bits per heavy atom. The third-order valence-corrected chi connectivity index (χ3v) is 6.68. The molecule has 0 unspecified atom stereocenters. The van der Waals surface area contributed by atoms with Crippen molar-refractivity contribution in [3.63, 3.8) is 0 Å². The first-order valence-corrected chi connectivity index (χ1v) is 8.41. The highest BCUT2D eigenvalue weighted by Gasteiger charge is 2.36. The molecule has 0 radical (unpaired) electrons. The minimum Gasteiger partial charge on any atom is -0.207 e. The van der Waals surface area contributed by atoms with Crippen LogP contribution in [-0.4, -0.2) is 51.6 Å². The first-order chi connectivity index (χ1) is 8.42. The number of rotatable bonds is 4. The van der Waals surface area contributed by atoms with E-state index in [-0.39, 0.29) is 9.79 Å². The smallest absolute Gasteiger partial charge is 0.207 e. The van der Waals surface area contributed by atoms with Crippen LogP contribution in [0.2, 0.25) is 0 Å². The van der Waals surface area contributed by atoms with Crippen molar-refractivity contribution in [2.24, 2.45) is 0 Å². The third-order valence-electron chi connectivity index (χ3n) is 2.89. The van der Waals surface area contributed by atoms with Crippen molar-refractivity contribution in [3.8, 4) is 0 Å². The van der Waals surface area contributed by atoms with Crippen LogP contribution in [0, 0.1) is 0 Å². The lowest BCUT2D eigenvalue weighted by Gasteiger charge is -2.07. The van der Waals surface area contributed by atoms with E-state index >= 15 is 0 Å². The summed E-state index contributed by atoms with van der Waals surface area (Å²) in [5, 5.41) is 0. The van der Waals surface area contributed by atoms with Gasteiger partial charge >= 0.3 is 0 Å². The van der Waals surface area contributed by atoms with E-state index in [4.69, 9.17) is 0 Å². The molecule has 2 saturated heterocycles. The Morgan fingerprint density at radius 1 is 0.778 bits per heavy atom. The van der Waals surface area contributed by atoms with Gasteiger partial charge in [0.15, 0.2) is 0 Å². The number of hydrogen-bond acceptors (Lipinski definition) is 4. The van der Waals surface area contributed by atoms with Crippen molar-refractivity contribution >= 4 is 20.0 Å². The fraction of sp³-hybridized carbons (Fsp3) is 0.400. The molecule has 8 heteroatoms. The Kier molecular flexibility index (Phi) is 2.53. The van der Waals surface area contributed by atoms with Crippen LogP contribution in [0.5, 0.6) is 0 Å². The Labute approximate surface area is 106 Å². The Balaban J connectivity index is 2.04. The molecule has 2 aliphatic rings. The molecule has 2 fully saturated rings. The molecule has 6 nitrogen and oxygen atoms in total. The van der Waals surface area contributed by atoms with E-state index in [1.54, 1.807) is 0 Å². The Hall–Kier alpha value is -0.960. The molecule has 0 bridgehead atoms. The minimum absolute atomic E-state index is 0.0444. The molecule has 0 N–H and O–H groups in total. The predicted octanol–water partition coefficient (Wildman–Crippen LogP) is -0.305. The van der Waals surface area contributed by atoms with Crippen molar-refractivity contribution < 1.29 is 16.8 Å². The van der Waals surface area contributed by atoms with Gasteiger partial charge in [-0.1, -0.05) is 6.07 Å². The van der Waals surface area contributed by atoms with Gasteiger partial charge in [0, 0.05) is 26.2 Å². The second kappa shape index (κ2) is 3.77. The molecular weight excluding hydrogens is 276 g/mol. The lowest BCUT2D eigenvalue weighted by molar-refractivity contribution is 0.560. The van der Waals surface area contributed by atoms with Gasteiger partial charge in [0.1, 0.15) is 0 Å². The van der Waals surface area contributed by atoms with Gasteiger partial charge in [-0.15, -0.1) is 0 Å². The van der Waals surface area contributed by atoms with Gasteiger partial charge in [0.2, 0.25) is 20.0 Å². The van der Waals surface area contributed by atoms with Crippen molar-refractivity contribution in [3.05, 3.63) is 24.3 Å². The average Bonchev–Trinajstić information content (AvgIpc) is 3.20. The third kappa shape index (κ3) is 1.95. The number of benzene rings is 1. The molecule has 1 aromatic carbocycles. The van der Waals surface area contributed by atoms with Gasteiger partial charge < -0.3 is 0 Å². The first kappa shape index (κ1) is 12.1. The highest BCUT2D eigenvalue weighted by molar-refractivity contribution is 7.90. The summed E-state index contributed by atoms with van der Waals surface area (Å²) < 4.78 is 50.5. The maximum absolute atomic E-state index is 12.0. The van der Waals surface area contributed by atoms with E-state index < -0.39 is 20.0 Å². The lowest BCUT2D eigenvalue weighted by atomic mass is 10.4. The van der Waals surface area contributed by atoms with E-state index in [1.165, 1.54) is 32.9 Å². The number of sulfonamides is 2. The minimum atomic E-state index is -3.50. The van der Waals surface area contributed by atoms with Crippen LogP contribution < -0.4 is 0 Å². The normalized spacial score (nSPS) is 20.9. The highest BCUT2D eigenvalue weighted by Crippen LogP contribution is 2.26. The summed E-state index contributed by atoms with van der Waals surface area (Å²) in [4.78, 5) is 0.0888. The maximum atomic E-state index is 12.0. The summed E-state index contributed by atoms with van der Waals surface area (Å²) in [5.41, 5.74) is 0. The summed E-state index contributed by atoms with van der Waals surface area (Å²) in [7, 11) is -7.01. The SMILES string of the molecule is O=S(=O)(c1cccc(S(=O)(=O)N2CC2)c1)N1CC1. The molecule has 0 saturated carbocycles. The summed E-state index contributed by atoms with van der Waals surface area (Å²) in [5.74, 6) is 0. The molecule has 98 valence electrons. The quantitative estimate of drug-likeness (QED) is 0.713. The van der Waals surface area contributed by atoms with Crippen LogP contribution in [-0.2, 0) is 20.0 Å². The average molecular weight is 288 g/mol. The predicted molar refractivity (Wildman–Crippen MR) is 64.0 cm³/mol. The van der Waals surface area contributed by atoms with Crippen LogP contribution in [0.15, 0.2) is 34.1 Å². The largest absolute Gasteiger partial charge is 0.243 e. The Bertz CT molecular complexity index is 631. The second-order valence-electron chi connectivity index (χ2n) is 4.28. The molecule has 0 aliphatic carbocycles. The van der Waals surface area contributed by atoms with Crippen LogP contribution >= 0.6 is 0 Å². The second-order valence-corrected chi connectivity index (χ2v) is 8.16. The van der Waals surface area contributed by atoms with Crippen LogP contribution in [0.1, 0.15) is 0 Å². The van der Waals surface area contributed by atoms with Gasteiger partial charge in [-0.05, 0) is 18.2 Å². The summed E-state index contributed by atoms with van der Waals surface area (Å²) in [6.07, 6.45) is 0. The van der Waals surface area contributed by atoms with Crippen molar-refractivity contribution in [1.82, 2.24) is 8.61 Å². The van der Waals surface area contributed by atoms with E-state index in [9.17, 15) is 16.8 Å². The van der Waals surface area contributed by atoms with Crippen LogP contribution in [0.3, 0.4) is 0 Å². The zero-order valence-corrected chi connectivity index (χ0v) is 11.1. The fourth-order valence-corrected chi connectivity index (χ4v) is 4.50. The molecule has 0 aromatic heterocycles. The molecule has 0 spiro atoms. The monoisotopic (exact) mass is 288 g/mol. The van der Waals surface area contributed by atoms with Gasteiger partial charge in [-0.25, -0.2) is 16.8 Å². The van der Waals surface area contributed by atoms with E-state index in [1.807, 2.05) is 0 Å². The van der Waals surface area contributed by atoms with Crippen molar-refractivity contribution in [2.75, 3.05) is 26.2 Å². The van der Waals surface area contributed by atoms with Gasteiger partial charge in [-0.2, -0.15) is 8.61 Å². The molecule has 0 atom stereocenters. The molecule has 18 heavy (non-hydrogen) atoms. The summed E-state index contributed by atoms with van der Waals surface area (Å²) >= 11 is 0. The molecule has 0 amide bonds. The molecule has 2 heterocycles. The topological polar surface area (TPSA) is 74.3 Å². The van der Waals surface area contributed by atoms with Gasteiger partial charge in [0.25, 0.3) is 0 Å². The summed E-state index contributed by atoms with van der Waals surface area (Å²) in [6.45, 7) is 2.02. The van der Waals surface area contributed by atoms with Gasteiger partial charge in [0.05, 0.1) is 9.79 Å². The molecule has 2 aliphatic heterocycles. The lowest BCUT2D eigenvalue weighted by Crippen LogP contribution is -2.15. The van der Waals surface area contributed by atoms with E-state index in [2.05, 4.69) is 0 Å². The maximum Gasteiger partial charge on any atom is 0.243 e. The zero-order chi connectivity index (χ0) is 13.0. The standard InChI is InChI=1S/C10H12N2O4S2/c13-17(14,11-4-5-11)9-2-1-3-10(8-9)18(15,16)12-6-7-12/h1-3,8H,4-7H2. The fourth-order valence-electron chi connectivity index (χ4n) is 1.66. The van der Waals surface area contributed by atoms with Crippen LogP contribution in [0.4, 0.5) is 0 Å². The van der Waals surface area contributed by atoms with Crippen molar-refractivity contribution in [2.45, 2.75) is 9.79 Å². The first-order valence-electron chi connectivity index (χ1n) is 5.53. The van der Waals surface area contributed by atoms with Gasteiger partial charge in [-0.3, -0.25) is 0 Å². The highest BCUT2D eigenvalue weighted by atomic mass is 32.2. The number of hydrogen-bond donors (Lipinski definition) is 0. The number of nitrogens with zero attached hydrogens (tertiary/aromatic N) is 2. The molecule has 3 rings (SSSR count). The van der Waals surface area contributed by atoms with Crippen molar-refractivity contribution in [1.29, 1.82) is 0 Å². The summed E-state index contributed by atoms with van der Waals surface area (Å²) in [6, 6.07) is 5.55. The Morgan fingerprint density at radius 3 is 1.50 bits per heavy atom. The molecule has 1 aromatic rings. The van der Waals surface area contributed by atoms with E-state index in [0.717, 1.165) is 0 Å². The van der Waals surface area contributed by atoms with E-state index in [0.29, 0.717) is 26.2 Å². The zero-order valence-electron chi connectivity index (χ0n) is 9.48. The molecular formula is C10H12N2O4S2.